The highest BCUT2D eigenvalue weighted by molar-refractivity contribution is 6.35. The number of nitrogens with one attached hydrogen (secondary N) is 1. The molecule has 3 rings (SSSR count). The fourth-order valence-corrected chi connectivity index (χ4v) is 3.84. The average molecular weight is 471 g/mol. The maximum atomic E-state index is 13.3. The van der Waals surface area contributed by atoms with Crippen LogP contribution < -0.4 is 10.1 Å². The van der Waals surface area contributed by atoms with Crippen molar-refractivity contribution in [3.05, 3.63) is 99.5 Å². The van der Waals surface area contributed by atoms with Gasteiger partial charge in [0.05, 0.1) is 7.11 Å². The molecular weight excluding hydrogens is 447 g/mol. The van der Waals surface area contributed by atoms with E-state index in [-0.39, 0.29) is 24.9 Å². The Kier molecular flexibility index (Phi) is 8.14. The zero-order valence-electron chi connectivity index (χ0n) is 17.8. The second-order valence-corrected chi connectivity index (χ2v) is 8.11. The molecule has 0 saturated heterocycles. The number of hydrogen-bond donors (Lipinski definition) is 1. The lowest BCUT2D eigenvalue weighted by Crippen LogP contribution is -2.42. The normalized spacial score (nSPS) is 11.5. The van der Waals surface area contributed by atoms with E-state index in [4.69, 9.17) is 27.9 Å². The van der Waals surface area contributed by atoms with Crippen LogP contribution in [0.15, 0.2) is 72.8 Å². The summed E-state index contributed by atoms with van der Waals surface area (Å²) in [5.41, 5.74) is 2.34. The summed E-state index contributed by atoms with van der Waals surface area (Å²) in [6, 6.07) is 20.9. The summed E-state index contributed by atoms with van der Waals surface area (Å²) in [6.07, 6.45) is 0. The second-order valence-electron chi connectivity index (χ2n) is 7.26. The Balaban J connectivity index is 1.87. The predicted molar refractivity (Wildman–Crippen MR) is 127 cm³/mol. The van der Waals surface area contributed by atoms with Crippen molar-refractivity contribution in [2.24, 2.45) is 0 Å². The number of hydrogen-bond acceptors (Lipinski definition) is 3. The minimum Gasteiger partial charge on any atom is -0.497 e. The Morgan fingerprint density at radius 2 is 1.69 bits per heavy atom. The molecule has 0 aliphatic rings. The van der Waals surface area contributed by atoms with E-state index in [1.807, 2.05) is 54.6 Å². The molecule has 1 atom stereocenters. The van der Waals surface area contributed by atoms with Gasteiger partial charge in [0.15, 0.2) is 0 Å². The van der Waals surface area contributed by atoms with Gasteiger partial charge in [-0.15, -0.1) is 0 Å². The van der Waals surface area contributed by atoms with Crippen molar-refractivity contribution in [1.82, 2.24) is 10.2 Å². The molecule has 0 aliphatic carbocycles. The Hall–Kier alpha value is -3.02. The monoisotopic (exact) mass is 470 g/mol. The van der Waals surface area contributed by atoms with Gasteiger partial charge in [-0.3, -0.25) is 9.59 Å². The van der Waals surface area contributed by atoms with Gasteiger partial charge in [-0.05, 0) is 41.0 Å². The molecule has 3 aromatic rings. The van der Waals surface area contributed by atoms with Crippen LogP contribution in [0.2, 0.25) is 10.0 Å². The van der Waals surface area contributed by atoms with Crippen molar-refractivity contribution >= 4 is 35.0 Å². The van der Waals surface area contributed by atoms with E-state index in [1.54, 1.807) is 30.2 Å². The first kappa shape index (κ1) is 23.6. The quantitative estimate of drug-likeness (QED) is 0.478. The van der Waals surface area contributed by atoms with E-state index in [0.29, 0.717) is 10.0 Å². The lowest BCUT2D eigenvalue weighted by molar-refractivity contribution is -0.140. The average Bonchev–Trinajstić information content (AvgIpc) is 2.79. The summed E-state index contributed by atoms with van der Waals surface area (Å²) in [4.78, 5) is 27.5. The minimum atomic E-state index is -0.804. The second kappa shape index (κ2) is 11.0. The summed E-state index contributed by atoms with van der Waals surface area (Å²) in [5.74, 6) is 0.209. The molecule has 0 heterocycles. The molecule has 7 heteroatoms. The van der Waals surface area contributed by atoms with E-state index < -0.39 is 6.04 Å². The van der Waals surface area contributed by atoms with Crippen molar-refractivity contribution in [2.45, 2.75) is 26.1 Å². The lowest BCUT2D eigenvalue weighted by Gasteiger charge is -2.30. The van der Waals surface area contributed by atoms with Crippen LogP contribution in [0, 0.1) is 0 Å². The van der Waals surface area contributed by atoms with Gasteiger partial charge in [0.1, 0.15) is 11.8 Å². The molecule has 0 fully saturated rings. The molecule has 2 amide bonds. The first-order chi connectivity index (χ1) is 15.4. The van der Waals surface area contributed by atoms with Gasteiger partial charge in [-0.1, -0.05) is 71.7 Å². The first-order valence-electron chi connectivity index (χ1n) is 10.1. The molecule has 32 heavy (non-hydrogen) atoms. The van der Waals surface area contributed by atoms with E-state index in [9.17, 15) is 9.59 Å². The Bertz CT molecular complexity index is 1070. The number of ether oxygens (including phenoxy) is 1. The molecule has 0 spiro atoms. The van der Waals surface area contributed by atoms with Crippen molar-refractivity contribution in [1.29, 1.82) is 0 Å². The number of halogens is 2. The molecule has 3 aromatic carbocycles. The van der Waals surface area contributed by atoms with Gasteiger partial charge in [-0.2, -0.15) is 0 Å². The summed E-state index contributed by atoms with van der Waals surface area (Å²) in [5, 5.41) is 3.91. The molecule has 1 N–H and O–H groups in total. The van der Waals surface area contributed by atoms with Crippen LogP contribution in [0.1, 0.15) is 29.7 Å². The number of carbonyl (C=O) groups excluding carboxylic acids is 2. The molecule has 0 aliphatic heterocycles. The molecule has 166 valence electrons. The van der Waals surface area contributed by atoms with Crippen LogP contribution >= 0.6 is 23.2 Å². The Morgan fingerprint density at radius 1 is 1.00 bits per heavy atom. The summed E-state index contributed by atoms with van der Waals surface area (Å²) >= 11 is 12.2. The smallest absolute Gasteiger partial charge is 0.247 e. The maximum Gasteiger partial charge on any atom is 0.247 e. The SMILES string of the molecule is COc1ccc(CN(C(C)=O)[C@H](C(=O)NCc2ccc(Cl)cc2Cl)c2ccccc2)cc1. The van der Waals surface area contributed by atoms with Crippen LogP contribution in [0.4, 0.5) is 0 Å². The topological polar surface area (TPSA) is 58.6 Å². The van der Waals surface area contributed by atoms with Gasteiger partial charge in [0.2, 0.25) is 11.8 Å². The van der Waals surface area contributed by atoms with Crippen molar-refractivity contribution < 1.29 is 14.3 Å². The van der Waals surface area contributed by atoms with Crippen molar-refractivity contribution in [3.63, 3.8) is 0 Å². The molecule has 0 radical (unpaired) electrons. The fraction of sp³-hybridized carbons (Fsp3) is 0.200. The van der Waals surface area contributed by atoms with E-state index in [0.717, 1.165) is 22.4 Å². The molecule has 5 nitrogen and oxygen atoms in total. The zero-order valence-corrected chi connectivity index (χ0v) is 19.4. The summed E-state index contributed by atoms with van der Waals surface area (Å²) < 4.78 is 5.20. The largest absolute Gasteiger partial charge is 0.497 e. The molecule has 0 bridgehead atoms. The van der Waals surface area contributed by atoms with Crippen LogP contribution in [0.5, 0.6) is 5.75 Å². The van der Waals surface area contributed by atoms with Crippen molar-refractivity contribution in [2.75, 3.05) is 7.11 Å². The number of carbonyl (C=O) groups is 2. The van der Waals surface area contributed by atoms with Crippen LogP contribution in [0.25, 0.3) is 0 Å². The number of benzene rings is 3. The highest BCUT2D eigenvalue weighted by Crippen LogP contribution is 2.26. The minimum absolute atomic E-state index is 0.214. The maximum absolute atomic E-state index is 13.3. The van der Waals surface area contributed by atoms with Gasteiger partial charge in [-0.25, -0.2) is 0 Å². The molecule has 0 saturated carbocycles. The van der Waals surface area contributed by atoms with E-state index in [1.165, 1.54) is 6.92 Å². The van der Waals surface area contributed by atoms with Crippen LogP contribution in [-0.4, -0.2) is 23.8 Å². The number of rotatable bonds is 8. The highest BCUT2D eigenvalue weighted by Gasteiger charge is 2.29. The van der Waals surface area contributed by atoms with Gasteiger partial charge < -0.3 is 15.0 Å². The van der Waals surface area contributed by atoms with Crippen LogP contribution in [-0.2, 0) is 22.7 Å². The third-order valence-electron chi connectivity index (χ3n) is 5.06. The van der Waals surface area contributed by atoms with Gasteiger partial charge in [0.25, 0.3) is 0 Å². The third-order valence-corrected chi connectivity index (χ3v) is 5.65. The van der Waals surface area contributed by atoms with E-state index in [2.05, 4.69) is 5.32 Å². The molecule has 0 unspecified atom stereocenters. The fourth-order valence-electron chi connectivity index (χ4n) is 3.36. The van der Waals surface area contributed by atoms with Gasteiger partial charge >= 0.3 is 0 Å². The lowest BCUT2D eigenvalue weighted by atomic mass is 10.0. The predicted octanol–water partition coefficient (Wildman–Crippen LogP) is 5.41. The Morgan fingerprint density at radius 3 is 2.28 bits per heavy atom. The van der Waals surface area contributed by atoms with E-state index >= 15 is 0 Å². The standard InChI is InChI=1S/C25H24Cl2N2O3/c1-17(30)29(16-18-8-12-22(32-2)13-9-18)24(19-6-4-3-5-7-19)25(31)28-15-20-10-11-21(26)14-23(20)27/h3-14,24H,15-16H2,1-2H3,(H,28,31)/t24-/m0/s1. The summed E-state index contributed by atoms with van der Waals surface area (Å²) in [6.45, 7) is 1.95. The number of amides is 2. The zero-order chi connectivity index (χ0) is 23.1. The highest BCUT2D eigenvalue weighted by atomic mass is 35.5. The molecular formula is C25H24Cl2N2O3. The summed E-state index contributed by atoms with van der Waals surface area (Å²) in [7, 11) is 1.60. The number of nitrogens with zero attached hydrogens (tertiary/aromatic N) is 1. The Labute approximate surface area is 197 Å². The third kappa shape index (κ3) is 6.02. The van der Waals surface area contributed by atoms with Crippen LogP contribution in [0.3, 0.4) is 0 Å². The van der Waals surface area contributed by atoms with Crippen molar-refractivity contribution in [3.8, 4) is 5.75 Å². The van der Waals surface area contributed by atoms with Gasteiger partial charge in [0, 0.05) is 30.1 Å². The number of methoxy groups -OCH3 is 1. The molecule has 0 aromatic heterocycles. The first-order valence-corrected chi connectivity index (χ1v) is 10.8.